The van der Waals surface area contributed by atoms with Crippen molar-refractivity contribution in [2.45, 2.75) is 26.7 Å². The Balaban J connectivity index is 2.22. The van der Waals surface area contributed by atoms with Crippen molar-refractivity contribution < 1.29 is 14.5 Å². The number of halogens is 2. The second kappa shape index (κ2) is 8.87. The SMILES string of the molecule is CCCCOc1c(Cl)cc(C(=O)Nc2cc([N+](=O)[O-])ccc2C)cc1Cl. The van der Waals surface area contributed by atoms with Gasteiger partial charge in [-0.25, -0.2) is 0 Å². The molecule has 2 aromatic carbocycles. The molecule has 8 heteroatoms. The van der Waals surface area contributed by atoms with Gasteiger partial charge in [-0.05, 0) is 31.0 Å². The van der Waals surface area contributed by atoms with Crippen LogP contribution in [0.1, 0.15) is 35.7 Å². The summed E-state index contributed by atoms with van der Waals surface area (Å²) in [6.45, 7) is 4.26. The first-order valence-electron chi connectivity index (χ1n) is 8.01. The van der Waals surface area contributed by atoms with Crippen LogP contribution in [0.2, 0.25) is 10.0 Å². The second-order valence-electron chi connectivity index (χ2n) is 5.68. The molecule has 0 aliphatic heterocycles. The first-order valence-corrected chi connectivity index (χ1v) is 8.77. The molecule has 0 unspecified atom stereocenters. The molecule has 1 amide bonds. The molecule has 0 fully saturated rings. The largest absolute Gasteiger partial charge is 0.490 e. The van der Waals surface area contributed by atoms with Crippen LogP contribution in [0.5, 0.6) is 5.75 Å². The summed E-state index contributed by atoms with van der Waals surface area (Å²) in [7, 11) is 0. The van der Waals surface area contributed by atoms with Crippen molar-refractivity contribution >= 4 is 40.5 Å². The fraction of sp³-hybridized carbons (Fsp3) is 0.278. The maximum absolute atomic E-state index is 12.5. The molecule has 138 valence electrons. The summed E-state index contributed by atoms with van der Waals surface area (Å²) in [6.07, 6.45) is 1.83. The van der Waals surface area contributed by atoms with Gasteiger partial charge in [0.05, 0.1) is 27.3 Å². The van der Waals surface area contributed by atoms with E-state index in [2.05, 4.69) is 5.32 Å². The molecule has 0 aliphatic rings. The van der Waals surface area contributed by atoms with Crippen LogP contribution in [0.25, 0.3) is 0 Å². The van der Waals surface area contributed by atoms with Crippen molar-refractivity contribution in [3.05, 3.63) is 61.6 Å². The molecule has 0 saturated heterocycles. The minimum Gasteiger partial charge on any atom is -0.490 e. The minimum atomic E-state index is -0.523. The van der Waals surface area contributed by atoms with Crippen LogP contribution in [0.15, 0.2) is 30.3 Å². The van der Waals surface area contributed by atoms with E-state index < -0.39 is 10.8 Å². The Morgan fingerprint density at radius 1 is 1.23 bits per heavy atom. The Morgan fingerprint density at radius 3 is 2.46 bits per heavy atom. The number of carbonyl (C=O) groups is 1. The number of nitrogens with zero attached hydrogens (tertiary/aromatic N) is 1. The number of hydrogen-bond acceptors (Lipinski definition) is 4. The highest BCUT2D eigenvalue weighted by Crippen LogP contribution is 2.35. The monoisotopic (exact) mass is 396 g/mol. The van der Waals surface area contributed by atoms with Crippen LogP contribution in [0.3, 0.4) is 0 Å². The van der Waals surface area contributed by atoms with Gasteiger partial charge in [0.2, 0.25) is 0 Å². The quantitative estimate of drug-likeness (QED) is 0.372. The van der Waals surface area contributed by atoms with Gasteiger partial charge in [0.15, 0.2) is 5.75 Å². The zero-order chi connectivity index (χ0) is 19.3. The zero-order valence-corrected chi connectivity index (χ0v) is 15.9. The predicted molar refractivity (Wildman–Crippen MR) is 103 cm³/mol. The molecule has 2 aromatic rings. The highest BCUT2D eigenvalue weighted by Gasteiger charge is 2.16. The Kier molecular flexibility index (Phi) is 6.83. The number of nitro benzene ring substituents is 1. The zero-order valence-electron chi connectivity index (χ0n) is 14.3. The van der Waals surface area contributed by atoms with Crippen molar-refractivity contribution in [2.24, 2.45) is 0 Å². The van der Waals surface area contributed by atoms with Crippen LogP contribution in [0.4, 0.5) is 11.4 Å². The van der Waals surface area contributed by atoms with E-state index in [1.165, 1.54) is 24.3 Å². The van der Waals surface area contributed by atoms with E-state index >= 15 is 0 Å². The van der Waals surface area contributed by atoms with Crippen molar-refractivity contribution in [1.29, 1.82) is 0 Å². The number of anilines is 1. The van der Waals surface area contributed by atoms with Crippen LogP contribution in [-0.4, -0.2) is 17.4 Å². The Hall–Kier alpha value is -2.31. The van der Waals surface area contributed by atoms with E-state index in [4.69, 9.17) is 27.9 Å². The number of benzene rings is 2. The van der Waals surface area contributed by atoms with Crippen molar-refractivity contribution in [2.75, 3.05) is 11.9 Å². The number of amides is 1. The summed E-state index contributed by atoms with van der Waals surface area (Å²) in [4.78, 5) is 22.9. The number of ether oxygens (including phenoxy) is 1. The summed E-state index contributed by atoms with van der Waals surface area (Å²) in [6, 6.07) is 7.16. The van der Waals surface area contributed by atoms with Gasteiger partial charge in [0.1, 0.15) is 0 Å². The summed E-state index contributed by atoms with van der Waals surface area (Å²) in [5, 5.41) is 14.0. The molecular weight excluding hydrogens is 379 g/mol. The average Bonchev–Trinajstić information content (AvgIpc) is 2.58. The molecule has 0 spiro atoms. The molecular formula is C18H18Cl2N2O4. The van der Waals surface area contributed by atoms with Crippen LogP contribution in [0, 0.1) is 17.0 Å². The van der Waals surface area contributed by atoms with Crippen LogP contribution < -0.4 is 10.1 Å². The Labute approximate surface area is 161 Å². The molecule has 0 aliphatic carbocycles. The van der Waals surface area contributed by atoms with E-state index in [1.807, 2.05) is 6.92 Å². The molecule has 1 N–H and O–H groups in total. The first-order chi connectivity index (χ1) is 12.3. The molecule has 0 saturated carbocycles. The van der Waals surface area contributed by atoms with Crippen LogP contribution in [-0.2, 0) is 0 Å². The number of carbonyl (C=O) groups excluding carboxylic acids is 1. The molecule has 0 heterocycles. The highest BCUT2D eigenvalue weighted by atomic mass is 35.5. The van der Waals surface area contributed by atoms with Crippen molar-refractivity contribution in [3.63, 3.8) is 0 Å². The lowest BCUT2D eigenvalue weighted by Gasteiger charge is -2.12. The third-order valence-electron chi connectivity index (χ3n) is 3.68. The molecule has 0 radical (unpaired) electrons. The fourth-order valence-corrected chi connectivity index (χ4v) is 2.80. The lowest BCUT2D eigenvalue weighted by atomic mass is 10.1. The van der Waals surface area contributed by atoms with Gasteiger partial charge in [-0.3, -0.25) is 14.9 Å². The fourth-order valence-electron chi connectivity index (χ4n) is 2.20. The third kappa shape index (κ3) is 4.86. The number of aryl methyl sites for hydroxylation is 1. The Morgan fingerprint density at radius 2 is 1.88 bits per heavy atom. The smallest absolute Gasteiger partial charge is 0.271 e. The normalized spacial score (nSPS) is 10.5. The van der Waals surface area contributed by atoms with E-state index in [0.29, 0.717) is 23.6 Å². The molecule has 0 aromatic heterocycles. The Bertz CT molecular complexity index is 817. The predicted octanol–water partition coefficient (Wildman–Crippen LogP) is 5.64. The molecule has 6 nitrogen and oxygen atoms in total. The molecule has 2 rings (SSSR count). The van der Waals surface area contributed by atoms with E-state index in [0.717, 1.165) is 12.8 Å². The summed E-state index contributed by atoms with van der Waals surface area (Å²) in [5.74, 6) is -0.137. The van der Waals surface area contributed by atoms with E-state index in [1.54, 1.807) is 13.0 Å². The standard InChI is InChI=1S/C18H18Cl2N2O4/c1-3-4-7-26-17-14(19)8-12(9-15(17)20)18(23)21-16-10-13(22(24)25)6-5-11(16)2/h5-6,8-10H,3-4,7H2,1-2H3,(H,21,23). The van der Waals surface area contributed by atoms with Gasteiger partial charge in [-0.1, -0.05) is 42.6 Å². The highest BCUT2D eigenvalue weighted by molar-refractivity contribution is 6.37. The number of nitrogens with one attached hydrogen (secondary N) is 1. The van der Waals surface area contributed by atoms with Crippen molar-refractivity contribution in [1.82, 2.24) is 0 Å². The van der Waals surface area contributed by atoms with Crippen molar-refractivity contribution in [3.8, 4) is 5.75 Å². The summed E-state index contributed by atoms with van der Waals surface area (Å²) >= 11 is 12.4. The number of non-ortho nitro benzene ring substituents is 1. The average molecular weight is 397 g/mol. The maximum Gasteiger partial charge on any atom is 0.271 e. The molecule has 0 atom stereocenters. The van der Waals surface area contributed by atoms with Gasteiger partial charge in [0, 0.05) is 17.7 Å². The van der Waals surface area contributed by atoms with Crippen LogP contribution >= 0.6 is 23.2 Å². The van der Waals surface area contributed by atoms with Gasteiger partial charge in [-0.2, -0.15) is 0 Å². The lowest BCUT2D eigenvalue weighted by Crippen LogP contribution is -2.13. The van der Waals surface area contributed by atoms with E-state index in [9.17, 15) is 14.9 Å². The molecule has 0 bridgehead atoms. The van der Waals surface area contributed by atoms with Gasteiger partial charge in [-0.15, -0.1) is 0 Å². The number of rotatable bonds is 7. The van der Waals surface area contributed by atoms with Gasteiger partial charge < -0.3 is 10.1 Å². The van der Waals surface area contributed by atoms with Gasteiger partial charge >= 0.3 is 0 Å². The lowest BCUT2D eigenvalue weighted by molar-refractivity contribution is -0.384. The second-order valence-corrected chi connectivity index (χ2v) is 6.50. The first kappa shape index (κ1) is 20.0. The third-order valence-corrected chi connectivity index (χ3v) is 4.25. The van der Waals surface area contributed by atoms with E-state index in [-0.39, 0.29) is 21.3 Å². The minimum absolute atomic E-state index is 0.110. The summed E-state index contributed by atoms with van der Waals surface area (Å²) < 4.78 is 5.55. The number of unbranched alkanes of at least 4 members (excludes halogenated alkanes) is 1. The topological polar surface area (TPSA) is 81.5 Å². The maximum atomic E-state index is 12.5. The number of nitro groups is 1. The summed E-state index contributed by atoms with van der Waals surface area (Å²) in [5.41, 5.74) is 1.16. The molecule has 26 heavy (non-hydrogen) atoms. The van der Waals surface area contributed by atoms with Gasteiger partial charge in [0.25, 0.3) is 11.6 Å². The number of hydrogen-bond donors (Lipinski definition) is 1.